The molecule has 0 unspecified atom stereocenters. The number of primary amides is 1. The second-order valence-corrected chi connectivity index (χ2v) is 10.3. The summed E-state index contributed by atoms with van der Waals surface area (Å²) in [5.41, 5.74) is 6.93. The first-order chi connectivity index (χ1) is 19.9. The minimum absolute atomic E-state index is 0.00706. The number of hydrogen-bond donors (Lipinski definition) is 2. The van der Waals surface area contributed by atoms with E-state index >= 15 is 0 Å². The van der Waals surface area contributed by atoms with Gasteiger partial charge in [-0.05, 0) is 45.4 Å². The minimum atomic E-state index is -2.89. The topological polar surface area (TPSA) is 182 Å². The number of nitrogens with zero attached hydrogens (tertiary/aromatic N) is 8. The van der Waals surface area contributed by atoms with Gasteiger partial charge in [0.15, 0.2) is 5.69 Å². The number of fused-ring (bicyclic) bond motifs is 1. The SMILES string of the molecule is CCn1cc(-c2cc(C(F)F)nc3sc(C(N)=O)c(NC(=O)c4ccn(Cn5nc(C)c([N+](=O)[O-])c5C)n4)c23)c(C)n1. The quantitative estimate of drug-likeness (QED) is 0.187. The Morgan fingerprint density at radius 3 is 2.48 bits per heavy atom. The molecule has 5 aromatic heterocycles. The van der Waals surface area contributed by atoms with Crippen LogP contribution in [0.2, 0.25) is 0 Å². The maximum atomic E-state index is 13.8. The third-order valence-corrected chi connectivity index (χ3v) is 7.70. The Labute approximate surface area is 239 Å². The monoisotopic (exact) mass is 598 g/mol. The van der Waals surface area contributed by atoms with E-state index in [9.17, 15) is 28.5 Å². The summed E-state index contributed by atoms with van der Waals surface area (Å²) >= 11 is 0.789. The standard InChI is InChI=1S/C25H24F2N10O4S/c1-5-34-9-15(11(2)31-34)14-8-17(22(26)27)29-25-18(14)19(21(42-25)23(28)38)30-24(39)16-6-7-35(33-16)10-36-13(4)20(37(40)41)12(3)32-36/h6-9,22H,5,10H2,1-4H3,(H2,28,38)(H,30,39). The fraction of sp³-hybridized carbons (Fsp3) is 0.280. The minimum Gasteiger partial charge on any atom is -0.365 e. The summed E-state index contributed by atoms with van der Waals surface area (Å²) in [7, 11) is 0. The number of aromatic nitrogens is 7. The molecule has 2 amide bonds. The summed E-state index contributed by atoms with van der Waals surface area (Å²) < 4.78 is 32.0. The van der Waals surface area contributed by atoms with Crippen molar-refractivity contribution >= 4 is 44.7 Å². The van der Waals surface area contributed by atoms with Crippen LogP contribution in [0, 0.1) is 30.9 Å². The number of thiophene rings is 1. The van der Waals surface area contributed by atoms with Gasteiger partial charge in [0.1, 0.15) is 33.5 Å². The molecule has 5 aromatic rings. The number of nitrogens with one attached hydrogen (secondary N) is 1. The van der Waals surface area contributed by atoms with E-state index in [0.29, 0.717) is 29.1 Å². The van der Waals surface area contributed by atoms with Crippen LogP contribution in [-0.2, 0) is 13.2 Å². The number of pyridine rings is 1. The van der Waals surface area contributed by atoms with Gasteiger partial charge in [-0.1, -0.05) is 0 Å². The fourth-order valence-corrected chi connectivity index (χ4v) is 5.66. The third-order valence-electron chi connectivity index (χ3n) is 6.61. The molecule has 218 valence electrons. The van der Waals surface area contributed by atoms with E-state index in [0.717, 1.165) is 11.3 Å². The molecule has 0 aliphatic carbocycles. The molecule has 0 radical (unpaired) electrons. The highest BCUT2D eigenvalue weighted by Gasteiger charge is 2.27. The molecule has 42 heavy (non-hydrogen) atoms. The number of anilines is 1. The molecule has 0 saturated carbocycles. The Morgan fingerprint density at radius 2 is 1.88 bits per heavy atom. The molecule has 0 fully saturated rings. The summed E-state index contributed by atoms with van der Waals surface area (Å²) in [6, 6.07) is 2.63. The van der Waals surface area contributed by atoms with Gasteiger partial charge in [0, 0.05) is 29.9 Å². The molecule has 0 aliphatic heterocycles. The summed E-state index contributed by atoms with van der Waals surface area (Å²) in [6.07, 6.45) is 0.291. The highest BCUT2D eigenvalue weighted by molar-refractivity contribution is 7.21. The van der Waals surface area contributed by atoms with Crippen LogP contribution in [0.15, 0.2) is 24.5 Å². The molecule has 0 spiro atoms. The lowest BCUT2D eigenvalue weighted by atomic mass is 10.0. The van der Waals surface area contributed by atoms with Gasteiger partial charge in [0.25, 0.3) is 18.2 Å². The highest BCUT2D eigenvalue weighted by Crippen LogP contribution is 2.43. The molecule has 5 rings (SSSR count). The maximum Gasteiger partial charge on any atom is 0.312 e. The molecule has 0 aromatic carbocycles. The second-order valence-electron chi connectivity index (χ2n) is 9.34. The van der Waals surface area contributed by atoms with Crippen molar-refractivity contribution in [1.29, 1.82) is 0 Å². The summed E-state index contributed by atoms with van der Waals surface area (Å²) in [5.74, 6) is -1.59. The number of nitrogens with two attached hydrogens (primary N) is 1. The Bertz CT molecular complexity index is 1890. The zero-order valence-corrected chi connectivity index (χ0v) is 23.6. The first-order valence-corrected chi connectivity index (χ1v) is 13.3. The van der Waals surface area contributed by atoms with Crippen LogP contribution >= 0.6 is 11.3 Å². The van der Waals surface area contributed by atoms with E-state index in [1.807, 2.05) is 6.92 Å². The zero-order chi connectivity index (χ0) is 30.5. The molecule has 0 bridgehead atoms. The molecule has 3 N–H and O–H groups in total. The van der Waals surface area contributed by atoms with E-state index in [4.69, 9.17) is 5.73 Å². The number of carbonyl (C=O) groups excluding carboxylic acids is 2. The van der Waals surface area contributed by atoms with E-state index < -0.39 is 28.9 Å². The van der Waals surface area contributed by atoms with Crippen molar-refractivity contribution in [3.63, 3.8) is 0 Å². The Balaban J connectivity index is 1.55. The van der Waals surface area contributed by atoms with Crippen LogP contribution < -0.4 is 11.1 Å². The lowest BCUT2D eigenvalue weighted by Gasteiger charge is -2.10. The first-order valence-electron chi connectivity index (χ1n) is 12.5. The van der Waals surface area contributed by atoms with Crippen LogP contribution in [0.5, 0.6) is 0 Å². The van der Waals surface area contributed by atoms with Crippen LogP contribution in [0.1, 0.15) is 56.3 Å². The van der Waals surface area contributed by atoms with Crippen LogP contribution in [0.3, 0.4) is 0 Å². The van der Waals surface area contributed by atoms with Gasteiger partial charge >= 0.3 is 5.69 Å². The summed E-state index contributed by atoms with van der Waals surface area (Å²) in [6.45, 7) is 7.20. The Kier molecular flexibility index (Phi) is 7.27. The van der Waals surface area contributed by atoms with Gasteiger partial charge in [-0.2, -0.15) is 15.3 Å². The Hall–Kier alpha value is -5.06. The largest absolute Gasteiger partial charge is 0.365 e. The molecular formula is C25H24F2N10O4S. The average Bonchev–Trinajstić information content (AvgIpc) is 3.69. The smallest absolute Gasteiger partial charge is 0.312 e. The van der Waals surface area contributed by atoms with Crippen molar-refractivity contribution < 1.29 is 23.3 Å². The molecule has 0 aliphatic rings. The number of aryl methyl sites for hydroxylation is 3. The lowest BCUT2D eigenvalue weighted by molar-refractivity contribution is -0.386. The first kappa shape index (κ1) is 28.5. The van der Waals surface area contributed by atoms with Crippen molar-refractivity contribution in [2.45, 2.75) is 47.3 Å². The van der Waals surface area contributed by atoms with E-state index in [2.05, 4.69) is 25.6 Å². The van der Waals surface area contributed by atoms with Gasteiger partial charge in [-0.3, -0.25) is 29.1 Å². The van der Waals surface area contributed by atoms with Gasteiger partial charge in [0.05, 0.1) is 16.3 Å². The predicted molar refractivity (Wildman–Crippen MR) is 149 cm³/mol. The van der Waals surface area contributed by atoms with Crippen LogP contribution in [0.25, 0.3) is 21.3 Å². The van der Waals surface area contributed by atoms with Crippen molar-refractivity contribution in [2.75, 3.05) is 5.32 Å². The molecule has 5 heterocycles. The van der Waals surface area contributed by atoms with Gasteiger partial charge in [-0.15, -0.1) is 11.3 Å². The van der Waals surface area contributed by atoms with Crippen molar-refractivity contribution in [2.24, 2.45) is 5.73 Å². The lowest BCUT2D eigenvalue weighted by Crippen LogP contribution is -2.18. The zero-order valence-electron chi connectivity index (χ0n) is 22.8. The molecular weight excluding hydrogens is 574 g/mol. The molecule has 17 heteroatoms. The summed E-state index contributed by atoms with van der Waals surface area (Å²) in [4.78, 5) is 40.6. The molecule has 0 saturated heterocycles. The molecule has 0 atom stereocenters. The van der Waals surface area contributed by atoms with Crippen molar-refractivity contribution in [1.82, 2.24) is 34.3 Å². The molecule has 14 nitrogen and oxygen atoms in total. The maximum absolute atomic E-state index is 13.8. The van der Waals surface area contributed by atoms with Gasteiger partial charge in [-0.25, -0.2) is 18.4 Å². The van der Waals surface area contributed by atoms with Crippen molar-refractivity contribution in [3.8, 4) is 11.1 Å². The van der Waals surface area contributed by atoms with Crippen molar-refractivity contribution in [3.05, 3.63) is 68.0 Å². The van der Waals surface area contributed by atoms with E-state index in [1.54, 1.807) is 24.7 Å². The number of rotatable bonds is 9. The van der Waals surface area contributed by atoms with Crippen LogP contribution in [0.4, 0.5) is 20.2 Å². The number of carbonyl (C=O) groups is 2. The predicted octanol–water partition coefficient (Wildman–Crippen LogP) is 4.20. The van der Waals surface area contributed by atoms with E-state index in [1.165, 1.54) is 34.6 Å². The fourth-order valence-electron chi connectivity index (χ4n) is 4.64. The summed E-state index contributed by atoms with van der Waals surface area (Å²) in [5, 5.41) is 27.1. The highest BCUT2D eigenvalue weighted by atomic mass is 32.1. The average molecular weight is 599 g/mol. The second kappa shape index (κ2) is 10.7. The number of halogens is 2. The van der Waals surface area contributed by atoms with Crippen LogP contribution in [-0.4, -0.2) is 51.1 Å². The number of hydrogen-bond acceptors (Lipinski definition) is 9. The number of nitro groups is 1. The van der Waals surface area contributed by atoms with E-state index in [-0.39, 0.29) is 44.5 Å². The Morgan fingerprint density at radius 1 is 1.14 bits per heavy atom. The number of amides is 2. The third kappa shape index (κ3) is 4.98. The normalized spacial score (nSPS) is 11.5. The van der Waals surface area contributed by atoms with Gasteiger partial charge < -0.3 is 11.1 Å². The van der Waals surface area contributed by atoms with Gasteiger partial charge in [0.2, 0.25) is 0 Å². The number of alkyl halides is 2.